The molecule has 0 saturated heterocycles. The summed E-state index contributed by atoms with van der Waals surface area (Å²) in [5.41, 5.74) is 1.38. The molecule has 0 atom stereocenters. The third kappa shape index (κ3) is 1.99. The lowest BCUT2D eigenvalue weighted by Gasteiger charge is -2.35. The van der Waals surface area contributed by atoms with Gasteiger partial charge >= 0.3 is 0 Å². The zero-order chi connectivity index (χ0) is 10.8. The molecule has 1 aliphatic rings. The number of nitro groups is 1. The van der Waals surface area contributed by atoms with E-state index in [1.807, 2.05) is 19.2 Å². The largest absolute Gasteiger partial charge is 0.317 e. The van der Waals surface area contributed by atoms with Crippen LogP contribution in [0, 0.1) is 10.1 Å². The van der Waals surface area contributed by atoms with Gasteiger partial charge < -0.3 is 5.32 Å². The van der Waals surface area contributed by atoms with E-state index in [4.69, 9.17) is 0 Å². The molecule has 0 aliphatic heterocycles. The number of hydrogen-bond donors (Lipinski definition) is 1. The Labute approximate surface area is 88.5 Å². The standard InChI is InChI=1S/C11H14N2O2/c1-12-10-6-9(7-10)8-2-4-11(5-3-8)13(14)15/h2-5,9-10,12H,6-7H2,1H3. The quantitative estimate of drug-likeness (QED) is 0.608. The summed E-state index contributed by atoms with van der Waals surface area (Å²) in [6.45, 7) is 0. The highest BCUT2D eigenvalue weighted by atomic mass is 16.6. The van der Waals surface area contributed by atoms with Crippen LogP contribution in [0.15, 0.2) is 24.3 Å². The summed E-state index contributed by atoms with van der Waals surface area (Å²) < 4.78 is 0. The number of hydrogen-bond acceptors (Lipinski definition) is 3. The molecule has 4 heteroatoms. The highest BCUT2D eigenvalue weighted by Crippen LogP contribution is 2.36. The SMILES string of the molecule is CNC1CC(c2ccc([N+](=O)[O-])cc2)C1. The molecule has 0 spiro atoms. The molecule has 4 nitrogen and oxygen atoms in total. The normalized spacial score (nSPS) is 24.6. The lowest BCUT2D eigenvalue weighted by atomic mass is 9.76. The number of benzene rings is 1. The summed E-state index contributed by atoms with van der Waals surface area (Å²) in [5.74, 6) is 0.572. The van der Waals surface area contributed by atoms with Gasteiger partial charge in [-0.15, -0.1) is 0 Å². The van der Waals surface area contributed by atoms with Gasteiger partial charge in [0.25, 0.3) is 5.69 Å². The second-order valence-corrected chi connectivity index (χ2v) is 4.00. The average Bonchev–Trinajstić information content (AvgIpc) is 2.17. The highest BCUT2D eigenvalue weighted by Gasteiger charge is 2.28. The third-order valence-corrected chi connectivity index (χ3v) is 3.12. The first-order valence-electron chi connectivity index (χ1n) is 5.12. The van der Waals surface area contributed by atoms with Crippen molar-refractivity contribution in [3.8, 4) is 0 Å². The van der Waals surface area contributed by atoms with Crippen molar-refractivity contribution < 1.29 is 4.92 Å². The maximum Gasteiger partial charge on any atom is 0.269 e. The van der Waals surface area contributed by atoms with Crippen molar-refractivity contribution in [2.75, 3.05) is 7.05 Å². The van der Waals surface area contributed by atoms with Gasteiger partial charge in [-0.05, 0) is 31.4 Å². The first-order valence-corrected chi connectivity index (χ1v) is 5.12. The Hall–Kier alpha value is -1.42. The zero-order valence-electron chi connectivity index (χ0n) is 8.64. The first kappa shape index (κ1) is 10.1. The number of rotatable bonds is 3. The second kappa shape index (κ2) is 3.98. The fourth-order valence-electron chi connectivity index (χ4n) is 1.99. The predicted molar refractivity (Wildman–Crippen MR) is 57.9 cm³/mol. The molecule has 0 bridgehead atoms. The summed E-state index contributed by atoms with van der Waals surface area (Å²) >= 11 is 0. The summed E-state index contributed by atoms with van der Waals surface area (Å²) in [5, 5.41) is 13.7. The van der Waals surface area contributed by atoms with Crippen LogP contribution < -0.4 is 5.32 Å². The molecule has 1 aromatic rings. The van der Waals surface area contributed by atoms with Crippen LogP contribution in [0.1, 0.15) is 24.3 Å². The fourth-order valence-corrected chi connectivity index (χ4v) is 1.99. The van der Waals surface area contributed by atoms with Gasteiger partial charge in [0, 0.05) is 18.2 Å². The van der Waals surface area contributed by atoms with Gasteiger partial charge in [0.05, 0.1) is 4.92 Å². The lowest BCUT2D eigenvalue weighted by molar-refractivity contribution is -0.384. The Kier molecular flexibility index (Phi) is 2.68. The van der Waals surface area contributed by atoms with Gasteiger partial charge in [-0.25, -0.2) is 0 Å². The van der Waals surface area contributed by atoms with Crippen molar-refractivity contribution in [3.63, 3.8) is 0 Å². The van der Waals surface area contributed by atoms with Crippen LogP contribution in [0.2, 0.25) is 0 Å². The maximum absolute atomic E-state index is 10.5. The van der Waals surface area contributed by atoms with E-state index in [0.29, 0.717) is 12.0 Å². The van der Waals surface area contributed by atoms with Crippen LogP contribution in [0.5, 0.6) is 0 Å². The molecule has 0 amide bonds. The van der Waals surface area contributed by atoms with Crippen molar-refractivity contribution in [1.29, 1.82) is 0 Å². The molecule has 1 N–H and O–H groups in total. The van der Waals surface area contributed by atoms with Crippen LogP contribution in [-0.4, -0.2) is 18.0 Å². The highest BCUT2D eigenvalue weighted by molar-refractivity contribution is 5.35. The number of nitro benzene ring substituents is 1. The van der Waals surface area contributed by atoms with Gasteiger partial charge in [0.2, 0.25) is 0 Å². The predicted octanol–water partition coefficient (Wildman–Crippen LogP) is 2.06. The zero-order valence-corrected chi connectivity index (χ0v) is 8.64. The molecule has 80 valence electrons. The molecule has 0 unspecified atom stereocenters. The number of non-ortho nitro benzene ring substituents is 1. The molecule has 0 radical (unpaired) electrons. The summed E-state index contributed by atoms with van der Waals surface area (Å²) in [4.78, 5) is 10.1. The van der Waals surface area contributed by atoms with Crippen molar-refractivity contribution in [3.05, 3.63) is 39.9 Å². The van der Waals surface area contributed by atoms with Crippen molar-refractivity contribution in [2.24, 2.45) is 0 Å². The Morgan fingerprint density at radius 3 is 2.40 bits per heavy atom. The fraction of sp³-hybridized carbons (Fsp3) is 0.455. The van der Waals surface area contributed by atoms with E-state index in [9.17, 15) is 10.1 Å². The second-order valence-electron chi connectivity index (χ2n) is 4.00. The minimum atomic E-state index is -0.360. The van der Waals surface area contributed by atoms with Crippen LogP contribution in [0.25, 0.3) is 0 Å². The van der Waals surface area contributed by atoms with Gasteiger partial charge in [0.1, 0.15) is 0 Å². The first-order chi connectivity index (χ1) is 7.20. The lowest BCUT2D eigenvalue weighted by Crippen LogP contribution is -2.37. The third-order valence-electron chi connectivity index (χ3n) is 3.12. The van der Waals surface area contributed by atoms with Crippen LogP contribution in [0.4, 0.5) is 5.69 Å². The monoisotopic (exact) mass is 206 g/mol. The molecule has 0 heterocycles. The number of nitrogens with one attached hydrogen (secondary N) is 1. The van der Waals surface area contributed by atoms with Crippen LogP contribution in [0.3, 0.4) is 0 Å². The molecule has 1 aromatic carbocycles. The van der Waals surface area contributed by atoms with Gasteiger partial charge in [-0.3, -0.25) is 10.1 Å². The molecule has 0 aromatic heterocycles. The van der Waals surface area contributed by atoms with Crippen molar-refractivity contribution in [1.82, 2.24) is 5.32 Å². The van der Waals surface area contributed by atoms with E-state index < -0.39 is 0 Å². The summed E-state index contributed by atoms with van der Waals surface area (Å²) in [6.07, 6.45) is 2.27. The Morgan fingerprint density at radius 2 is 1.93 bits per heavy atom. The number of nitrogens with zero attached hydrogens (tertiary/aromatic N) is 1. The molecule has 2 rings (SSSR count). The van der Waals surface area contributed by atoms with E-state index in [1.165, 1.54) is 5.56 Å². The Balaban J connectivity index is 2.02. The minimum absolute atomic E-state index is 0.170. The molecular formula is C11H14N2O2. The van der Waals surface area contributed by atoms with E-state index in [1.54, 1.807) is 12.1 Å². The topological polar surface area (TPSA) is 55.2 Å². The minimum Gasteiger partial charge on any atom is -0.317 e. The molecule has 1 saturated carbocycles. The van der Waals surface area contributed by atoms with E-state index in [-0.39, 0.29) is 10.6 Å². The summed E-state index contributed by atoms with van der Waals surface area (Å²) in [7, 11) is 1.97. The van der Waals surface area contributed by atoms with Gasteiger partial charge in [0.15, 0.2) is 0 Å². The molecule has 15 heavy (non-hydrogen) atoms. The molecule has 1 aliphatic carbocycles. The summed E-state index contributed by atoms with van der Waals surface area (Å²) in [6, 6.07) is 7.53. The van der Waals surface area contributed by atoms with E-state index >= 15 is 0 Å². The van der Waals surface area contributed by atoms with Crippen molar-refractivity contribution in [2.45, 2.75) is 24.8 Å². The van der Waals surface area contributed by atoms with Crippen LogP contribution >= 0.6 is 0 Å². The van der Waals surface area contributed by atoms with E-state index in [2.05, 4.69) is 5.32 Å². The Morgan fingerprint density at radius 1 is 1.33 bits per heavy atom. The van der Waals surface area contributed by atoms with Gasteiger partial charge in [-0.2, -0.15) is 0 Å². The Bertz CT molecular complexity index is 355. The molecular weight excluding hydrogens is 192 g/mol. The maximum atomic E-state index is 10.5. The van der Waals surface area contributed by atoms with Crippen molar-refractivity contribution >= 4 is 5.69 Å². The van der Waals surface area contributed by atoms with Crippen LogP contribution in [-0.2, 0) is 0 Å². The average molecular weight is 206 g/mol. The van der Waals surface area contributed by atoms with Gasteiger partial charge in [-0.1, -0.05) is 12.1 Å². The van der Waals surface area contributed by atoms with E-state index in [0.717, 1.165) is 12.8 Å². The smallest absolute Gasteiger partial charge is 0.269 e. The molecule has 1 fully saturated rings.